The van der Waals surface area contributed by atoms with Gasteiger partial charge in [0.2, 0.25) is 0 Å². The Bertz CT molecular complexity index is 580. The molecule has 0 aromatic rings. The molecule has 0 amide bonds. The number of hydrogen-bond acceptors (Lipinski definition) is 4. The van der Waals surface area contributed by atoms with Crippen LogP contribution in [-0.2, 0) is 4.79 Å². The first kappa shape index (κ1) is 15.8. The third-order valence-corrected chi connectivity index (χ3v) is 8.11. The second kappa shape index (κ2) is 4.68. The zero-order valence-corrected chi connectivity index (χ0v) is 14.1. The van der Waals surface area contributed by atoms with E-state index in [4.69, 9.17) is 0 Å². The highest BCUT2D eigenvalue weighted by atomic mass is 16.5. The van der Waals surface area contributed by atoms with Gasteiger partial charge in [-0.3, -0.25) is 4.79 Å². The summed E-state index contributed by atoms with van der Waals surface area (Å²) in [5, 5.41) is 31.8. The van der Waals surface area contributed by atoms with Gasteiger partial charge in [0.15, 0.2) is 5.79 Å². The van der Waals surface area contributed by atoms with E-state index in [0.29, 0.717) is 30.5 Å². The molecule has 0 aromatic carbocycles. The Morgan fingerprint density at radius 2 is 1.83 bits per heavy atom. The maximum Gasteiger partial charge on any atom is 0.199 e. The van der Waals surface area contributed by atoms with E-state index >= 15 is 0 Å². The monoisotopic (exact) mass is 320 g/mol. The van der Waals surface area contributed by atoms with E-state index in [1.54, 1.807) is 0 Å². The molecular formula is C19H28O4. The number of hydrogen-bond donors (Lipinski definition) is 3. The van der Waals surface area contributed by atoms with E-state index in [2.05, 4.69) is 13.0 Å². The topological polar surface area (TPSA) is 77.8 Å². The predicted molar refractivity (Wildman–Crippen MR) is 85.3 cm³/mol. The fraction of sp³-hybridized carbons (Fsp3) is 0.842. The first-order valence-corrected chi connectivity index (χ1v) is 9.08. The minimum Gasteiger partial charge on any atom is -0.387 e. The average Bonchev–Trinajstić information content (AvgIpc) is 2.80. The van der Waals surface area contributed by atoms with Crippen molar-refractivity contribution < 1.29 is 20.1 Å². The zero-order chi connectivity index (χ0) is 16.6. The van der Waals surface area contributed by atoms with Crippen molar-refractivity contribution in [2.75, 3.05) is 0 Å². The summed E-state index contributed by atoms with van der Waals surface area (Å²) < 4.78 is 0. The molecule has 3 saturated carbocycles. The molecule has 0 bridgehead atoms. The quantitative estimate of drug-likeness (QED) is 0.472. The summed E-state index contributed by atoms with van der Waals surface area (Å²) in [6, 6.07) is 0. The molecule has 6 atom stereocenters. The highest BCUT2D eigenvalue weighted by molar-refractivity contribution is 5.87. The number of ketones is 1. The van der Waals surface area contributed by atoms with Crippen LogP contribution in [0.3, 0.4) is 0 Å². The van der Waals surface area contributed by atoms with Crippen molar-refractivity contribution in [3.63, 3.8) is 0 Å². The van der Waals surface area contributed by atoms with Crippen LogP contribution in [0.25, 0.3) is 0 Å². The Morgan fingerprint density at radius 1 is 1.09 bits per heavy atom. The Hall–Kier alpha value is -0.710. The van der Waals surface area contributed by atoms with Crippen LogP contribution >= 0.6 is 0 Å². The normalized spacial score (nSPS) is 51.5. The van der Waals surface area contributed by atoms with Crippen LogP contribution in [0.1, 0.15) is 58.8 Å². The minimum atomic E-state index is -2.07. The number of aliphatic hydroxyl groups is 3. The molecule has 4 heteroatoms. The summed E-state index contributed by atoms with van der Waals surface area (Å²) in [4.78, 5) is 12.4. The van der Waals surface area contributed by atoms with E-state index in [0.717, 1.165) is 37.7 Å². The van der Waals surface area contributed by atoms with E-state index < -0.39 is 17.3 Å². The van der Waals surface area contributed by atoms with Crippen molar-refractivity contribution in [1.29, 1.82) is 0 Å². The van der Waals surface area contributed by atoms with Crippen molar-refractivity contribution >= 4 is 5.78 Å². The first-order chi connectivity index (χ1) is 10.7. The lowest BCUT2D eigenvalue weighted by Crippen LogP contribution is -2.65. The molecule has 4 nitrogen and oxygen atoms in total. The lowest BCUT2D eigenvalue weighted by molar-refractivity contribution is -0.310. The van der Waals surface area contributed by atoms with Crippen LogP contribution in [0, 0.1) is 28.6 Å². The zero-order valence-electron chi connectivity index (χ0n) is 14.1. The summed E-state index contributed by atoms with van der Waals surface area (Å²) in [6.45, 7) is 4.04. The molecule has 0 aromatic heterocycles. The molecule has 23 heavy (non-hydrogen) atoms. The fourth-order valence-electron chi connectivity index (χ4n) is 6.54. The highest BCUT2D eigenvalue weighted by Crippen LogP contribution is 2.65. The molecule has 4 aliphatic carbocycles. The largest absolute Gasteiger partial charge is 0.387 e. The van der Waals surface area contributed by atoms with Gasteiger partial charge in [-0.2, -0.15) is 0 Å². The van der Waals surface area contributed by atoms with E-state index in [1.807, 2.05) is 6.92 Å². The smallest absolute Gasteiger partial charge is 0.199 e. The summed E-state index contributed by atoms with van der Waals surface area (Å²) in [7, 11) is 0. The van der Waals surface area contributed by atoms with Crippen molar-refractivity contribution in [2.45, 2.75) is 70.7 Å². The Kier molecular flexibility index (Phi) is 3.21. The van der Waals surface area contributed by atoms with Crippen molar-refractivity contribution in [2.24, 2.45) is 28.6 Å². The molecular weight excluding hydrogens is 292 g/mol. The van der Waals surface area contributed by atoms with Gasteiger partial charge in [-0.05, 0) is 56.3 Å². The number of carbonyl (C=O) groups excluding carboxylic acids is 1. The maximum atomic E-state index is 12.4. The van der Waals surface area contributed by atoms with Crippen LogP contribution in [0.4, 0.5) is 0 Å². The summed E-state index contributed by atoms with van der Waals surface area (Å²) in [6.07, 6.45) is 6.46. The molecule has 0 heterocycles. The van der Waals surface area contributed by atoms with Gasteiger partial charge in [0.05, 0.1) is 0 Å². The molecule has 0 aliphatic heterocycles. The molecule has 1 unspecified atom stereocenters. The van der Waals surface area contributed by atoms with Crippen LogP contribution in [0.15, 0.2) is 11.6 Å². The van der Waals surface area contributed by atoms with Crippen LogP contribution in [0.2, 0.25) is 0 Å². The third-order valence-electron chi connectivity index (χ3n) is 8.11. The molecule has 3 fully saturated rings. The van der Waals surface area contributed by atoms with Crippen molar-refractivity contribution in [3.05, 3.63) is 11.6 Å². The highest BCUT2D eigenvalue weighted by Gasteiger charge is 2.65. The van der Waals surface area contributed by atoms with E-state index in [9.17, 15) is 20.1 Å². The molecule has 4 aliphatic rings. The fourth-order valence-corrected chi connectivity index (χ4v) is 6.54. The van der Waals surface area contributed by atoms with Gasteiger partial charge in [0.1, 0.15) is 11.9 Å². The number of carbonyl (C=O) groups is 1. The van der Waals surface area contributed by atoms with Gasteiger partial charge in [-0.15, -0.1) is 0 Å². The van der Waals surface area contributed by atoms with Gasteiger partial charge in [-0.25, -0.2) is 0 Å². The van der Waals surface area contributed by atoms with Crippen LogP contribution < -0.4 is 0 Å². The van der Waals surface area contributed by atoms with Gasteiger partial charge < -0.3 is 15.3 Å². The second-order valence-corrected chi connectivity index (χ2v) is 8.74. The van der Waals surface area contributed by atoms with Gasteiger partial charge in [0.25, 0.3) is 0 Å². The Labute approximate surface area is 137 Å². The van der Waals surface area contributed by atoms with Gasteiger partial charge in [-0.1, -0.05) is 25.5 Å². The van der Waals surface area contributed by atoms with Crippen LogP contribution in [0.5, 0.6) is 0 Å². The van der Waals surface area contributed by atoms with Crippen molar-refractivity contribution in [3.8, 4) is 0 Å². The minimum absolute atomic E-state index is 0.136. The summed E-state index contributed by atoms with van der Waals surface area (Å²) >= 11 is 0. The predicted octanol–water partition coefficient (Wildman–Crippen LogP) is 2.17. The second-order valence-electron chi connectivity index (χ2n) is 8.74. The molecule has 0 saturated heterocycles. The number of rotatable bonds is 0. The Balaban J connectivity index is 1.78. The standard InChI is InChI=1S/C19H28O4/c1-17-10-9-14-12(13(17)6-8-15(17)20)5-3-11-4-7-16(21)19(22,23)18(11,14)2/h3,12-14,16,21-23H,4-10H2,1-2H3/t12-,13-,14-,16?,17-,18-/m0/s1. The number of allylic oxidation sites excluding steroid dienone is 1. The maximum absolute atomic E-state index is 12.4. The van der Waals surface area contributed by atoms with Crippen LogP contribution in [-0.4, -0.2) is 33.0 Å². The molecule has 128 valence electrons. The van der Waals surface area contributed by atoms with Gasteiger partial charge in [0, 0.05) is 17.3 Å². The molecule has 3 N–H and O–H groups in total. The average molecular weight is 320 g/mol. The van der Waals surface area contributed by atoms with E-state index in [-0.39, 0.29) is 11.3 Å². The summed E-state index contributed by atoms with van der Waals surface area (Å²) in [5.74, 6) is -0.882. The molecule has 0 radical (unpaired) electrons. The SMILES string of the molecule is C[C@]12C(=CC[C@@H]3[C@@H]1CC[C@]1(C)C(=O)CC[C@@H]31)CCC(O)C2(O)O. The first-order valence-electron chi connectivity index (χ1n) is 9.08. The number of aliphatic hydroxyl groups excluding tert-OH is 1. The number of fused-ring (bicyclic) bond motifs is 5. The molecule has 4 rings (SSSR count). The van der Waals surface area contributed by atoms with Crippen molar-refractivity contribution in [1.82, 2.24) is 0 Å². The lowest BCUT2D eigenvalue weighted by Gasteiger charge is -2.60. The van der Waals surface area contributed by atoms with E-state index in [1.165, 1.54) is 0 Å². The molecule has 0 spiro atoms. The summed E-state index contributed by atoms with van der Waals surface area (Å²) in [5.41, 5.74) is 0.0894. The Morgan fingerprint density at radius 3 is 2.57 bits per heavy atom. The number of Topliss-reactive ketones (excluding diaryl/α,β-unsaturated/α-hetero) is 1. The lowest BCUT2D eigenvalue weighted by atomic mass is 9.46. The third kappa shape index (κ3) is 1.75. The van der Waals surface area contributed by atoms with Gasteiger partial charge >= 0.3 is 0 Å².